The van der Waals surface area contributed by atoms with E-state index in [-0.39, 0.29) is 5.91 Å². The monoisotopic (exact) mass is 196 g/mol. The van der Waals surface area contributed by atoms with Crippen molar-refractivity contribution >= 4 is 23.6 Å². The van der Waals surface area contributed by atoms with Crippen LogP contribution in [0.1, 0.15) is 5.56 Å². The lowest BCUT2D eigenvalue weighted by molar-refractivity contribution is -0.116. The second-order valence-corrected chi connectivity index (χ2v) is 2.83. The van der Waals surface area contributed by atoms with Crippen LogP contribution in [0.25, 0.3) is 6.08 Å². The van der Waals surface area contributed by atoms with Crippen LogP contribution >= 0.6 is 11.6 Å². The van der Waals surface area contributed by atoms with Crippen molar-refractivity contribution in [1.82, 2.24) is 5.43 Å². The van der Waals surface area contributed by atoms with Gasteiger partial charge < -0.3 is 0 Å². The van der Waals surface area contributed by atoms with Crippen LogP contribution in [0, 0.1) is 0 Å². The fraction of sp³-hybridized carbons (Fsp3) is 0. The summed E-state index contributed by atoms with van der Waals surface area (Å²) >= 11 is 5.68. The second-order valence-electron chi connectivity index (χ2n) is 2.39. The summed E-state index contributed by atoms with van der Waals surface area (Å²) in [5.41, 5.74) is 2.89. The number of amides is 1. The number of hydrogen-bond acceptors (Lipinski definition) is 2. The number of halogens is 1. The first-order valence-electron chi connectivity index (χ1n) is 3.66. The molecule has 0 aliphatic heterocycles. The van der Waals surface area contributed by atoms with Gasteiger partial charge in [-0.25, -0.2) is 5.84 Å². The van der Waals surface area contributed by atoms with E-state index in [1.54, 1.807) is 18.2 Å². The Morgan fingerprint density at radius 3 is 2.54 bits per heavy atom. The summed E-state index contributed by atoms with van der Waals surface area (Å²) in [6.07, 6.45) is 3.00. The molecule has 0 saturated heterocycles. The Hall–Kier alpha value is -1.32. The van der Waals surface area contributed by atoms with Gasteiger partial charge in [-0.2, -0.15) is 0 Å². The molecule has 0 aliphatic carbocycles. The lowest BCUT2D eigenvalue weighted by Gasteiger charge is -1.93. The molecule has 1 aromatic rings. The number of rotatable bonds is 2. The number of benzene rings is 1. The predicted octanol–water partition coefficient (Wildman–Crippen LogP) is 1.34. The highest BCUT2D eigenvalue weighted by Crippen LogP contribution is 2.10. The first-order chi connectivity index (χ1) is 6.22. The molecule has 0 radical (unpaired) electrons. The van der Waals surface area contributed by atoms with Crippen LogP contribution in [0.3, 0.4) is 0 Å². The number of carbonyl (C=O) groups excluding carboxylic acids is 1. The molecule has 0 unspecified atom stereocenters. The van der Waals surface area contributed by atoms with E-state index in [1.165, 1.54) is 6.08 Å². The summed E-state index contributed by atoms with van der Waals surface area (Å²) in [4.78, 5) is 10.7. The molecule has 1 aromatic carbocycles. The van der Waals surface area contributed by atoms with Crippen LogP contribution < -0.4 is 11.3 Å². The fourth-order valence-electron chi connectivity index (χ4n) is 0.794. The minimum Gasteiger partial charge on any atom is -0.291 e. The van der Waals surface area contributed by atoms with Crippen molar-refractivity contribution < 1.29 is 4.79 Å². The average Bonchev–Trinajstić information content (AvgIpc) is 2.16. The molecular formula is C9H9ClN2O. The van der Waals surface area contributed by atoms with Crippen LogP contribution in [0.5, 0.6) is 0 Å². The van der Waals surface area contributed by atoms with E-state index in [0.29, 0.717) is 5.02 Å². The molecule has 68 valence electrons. The SMILES string of the molecule is NNC(=O)/C=C\c1ccc(Cl)cc1. The van der Waals surface area contributed by atoms with E-state index in [0.717, 1.165) is 5.56 Å². The molecule has 3 nitrogen and oxygen atoms in total. The molecule has 1 amide bonds. The Bertz CT molecular complexity index is 319. The zero-order chi connectivity index (χ0) is 9.68. The fourth-order valence-corrected chi connectivity index (χ4v) is 0.920. The number of nitrogens with two attached hydrogens (primary N) is 1. The minimum atomic E-state index is -0.338. The molecule has 1 rings (SSSR count). The van der Waals surface area contributed by atoms with Crippen LogP contribution in [0.2, 0.25) is 5.02 Å². The van der Waals surface area contributed by atoms with E-state index in [1.807, 2.05) is 17.6 Å². The average molecular weight is 197 g/mol. The third-order valence-corrected chi connectivity index (χ3v) is 1.69. The maximum Gasteiger partial charge on any atom is 0.257 e. The van der Waals surface area contributed by atoms with E-state index in [2.05, 4.69) is 0 Å². The zero-order valence-corrected chi connectivity index (χ0v) is 7.58. The standard InChI is InChI=1S/C9H9ClN2O/c10-8-4-1-7(2-5-8)3-6-9(13)12-11/h1-6H,11H2,(H,12,13)/b6-3-. The topological polar surface area (TPSA) is 55.1 Å². The molecule has 0 aliphatic rings. The summed E-state index contributed by atoms with van der Waals surface area (Å²) < 4.78 is 0. The van der Waals surface area contributed by atoms with Crippen LogP contribution in [0.15, 0.2) is 30.3 Å². The number of hydrogen-bond donors (Lipinski definition) is 2. The molecule has 3 N–H and O–H groups in total. The maximum atomic E-state index is 10.7. The van der Waals surface area contributed by atoms with Crippen molar-refractivity contribution in [2.24, 2.45) is 5.84 Å². The molecule has 4 heteroatoms. The summed E-state index contributed by atoms with van der Waals surface area (Å²) in [7, 11) is 0. The van der Waals surface area contributed by atoms with Gasteiger partial charge in [-0.15, -0.1) is 0 Å². The van der Waals surface area contributed by atoms with Crippen LogP contribution in [0.4, 0.5) is 0 Å². The number of nitrogens with one attached hydrogen (secondary N) is 1. The van der Waals surface area contributed by atoms with Crippen molar-refractivity contribution in [3.05, 3.63) is 40.9 Å². The predicted molar refractivity (Wildman–Crippen MR) is 52.8 cm³/mol. The maximum absolute atomic E-state index is 10.7. The van der Waals surface area contributed by atoms with Crippen molar-refractivity contribution in [1.29, 1.82) is 0 Å². The van der Waals surface area contributed by atoms with Gasteiger partial charge >= 0.3 is 0 Å². The second kappa shape index (κ2) is 4.64. The summed E-state index contributed by atoms with van der Waals surface area (Å²) in [5.74, 6) is 4.55. The largest absolute Gasteiger partial charge is 0.291 e. The summed E-state index contributed by atoms with van der Waals surface area (Å²) in [6, 6.07) is 7.12. The van der Waals surface area contributed by atoms with Gasteiger partial charge in [0.1, 0.15) is 0 Å². The van der Waals surface area contributed by atoms with E-state index < -0.39 is 0 Å². The van der Waals surface area contributed by atoms with Crippen molar-refractivity contribution in [2.45, 2.75) is 0 Å². The van der Waals surface area contributed by atoms with Crippen molar-refractivity contribution in [2.75, 3.05) is 0 Å². The molecule has 13 heavy (non-hydrogen) atoms. The lowest BCUT2D eigenvalue weighted by Crippen LogP contribution is -2.27. The normalized spacial score (nSPS) is 10.3. The first kappa shape index (κ1) is 9.77. The molecule has 0 heterocycles. The molecular weight excluding hydrogens is 188 g/mol. The van der Waals surface area contributed by atoms with E-state index >= 15 is 0 Å². The molecule has 0 aromatic heterocycles. The van der Waals surface area contributed by atoms with Gasteiger partial charge in [0.2, 0.25) is 0 Å². The Labute approximate surface area is 81.2 Å². The third kappa shape index (κ3) is 3.27. The van der Waals surface area contributed by atoms with Gasteiger partial charge in [-0.05, 0) is 23.8 Å². The van der Waals surface area contributed by atoms with Crippen LogP contribution in [-0.2, 0) is 4.79 Å². The van der Waals surface area contributed by atoms with E-state index in [4.69, 9.17) is 17.4 Å². The van der Waals surface area contributed by atoms with Gasteiger partial charge in [0.25, 0.3) is 5.91 Å². The molecule has 0 fully saturated rings. The quantitative estimate of drug-likeness (QED) is 0.325. The molecule has 0 spiro atoms. The zero-order valence-electron chi connectivity index (χ0n) is 6.83. The van der Waals surface area contributed by atoms with Crippen molar-refractivity contribution in [3.8, 4) is 0 Å². The Balaban J connectivity index is 2.69. The Morgan fingerprint density at radius 1 is 1.38 bits per heavy atom. The molecule has 0 atom stereocenters. The van der Waals surface area contributed by atoms with Gasteiger partial charge in [-0.3, -0.25) is 10.2 Å². The van der Waals surface area contributed by atoms with Crippen LogP contribution in [-0.4, -0.2) is 5.91 Å². The van der Waals surface area contributed by atoms with Gasteiger partial charge in [0.15, 0.2) is 0 Å². The van der Waals surface area contributed by atoms with Crippen molar-refractivity contribution in [3.63, 3.8) is 0 Å². The van der Waals surface area contributed by atoms with Gasteiger partial charge in [-0.1, -0.05) is 23.7 Å². The minimum absolute atomic E-state index is 0.338. The number of carbonyl (C=O) groups is 1. The Kier molecular flexibility index (Phi) is 3.49. The number of hydrazine groups is 1. The molecule has 0 bridgehead atoms. The highest BCUT2D eigenvalue weighted by atomic mass is 35.5. The Morgan fingerprint density at radius 2 is 2.00 bits per heavy atom. The molecule has 0 saturated carbocycles. The third-order valence-electron chi connectivity index (χ3n) is 1.44. The van der Waals surface area contributed by atoms with Gasteiger partial charge in [0.05, 0.1) is 0 Å². The van der Waals surface area contributed by atoms with E-state index in [9.17, 15) is 4.79 Å². The smallest absolute Gasteiger partial charge is 0.257 e. The summed E-state index contributed by atoms with van der Waals surface area (Å²) in [6.45, 7) is 0. The van der Waals surface area contributed by atoms with Gasteiger partial charge in [0, 0.05) is 11.1 Å². The lowest BCUT2D eigenvalue weighted by atomic mass is 10.2. The highest BCUT2D eigenvalue weighted by molar-refractivity contribution is 6.30. The first-order valence-corrected chi connectivity index (χ1v) is 4.04. The highest BCUT2D eigenvalue weighted by Gasteiger charge is 1.90. The summed E-state index contributed by atoms with van der Waals surface area (Å²) in [5, 5.41) is 0.667.